The third-order valence-electron chi connectivity index (χ3n) is 1.77. The molecular weight excluding hydrogens is 168 g/mol. The highest BCUT2D eigenvalue weighted by Gasteiger charge is 2.07. The molecule has 0 bridgehead atoms. The van der Waals surface area contributed by atoms with Crippen LogP contribution in [0.2, 0.25) is 0 Å². The number of nitriles is 1. The Labute approximate surface area is 74.3 Å². The molecule has 0 saturated carbocycles. The zero-order chi connectivity index (χ0) is 9.26. The molecule has 2 rings (SSSR count). The number of fused-ring (bicyclic) bond motifs is 1. The van der Waals surface area contributed by atoms with Gasteiger partial charge < -0.3 is 9.26 Å². The van der Waals surface area contributed by atoms with Crippen LogP contribution in [0.15, 0.2) is 22.9 Å². The van der Waals surface area contributed by atoms with Gasteiger partial charge in [-0.1, -0.05) is 5.16 Å². The molecule has 64 valence electrons. The van der Waals surface area contributed by atoms with E-state index >= 15 is 0 Å². The van der Waals surface area contributed by atoms with Crippen LogP contribution in [0.1, 0.15) is 5.56 Å². The van der Waals surface area contributed by atoms with Gasteiger partial charge >= 0.3 is 0 Å². The van der Waals surface area contributed by atoms with Crippen LogP contribution >= 0.6 is 0 Å². The van der Waals surface area contributed by atoms with Gasteiger partial charge in [0, 0.05) is 11.5 Å². The molecule has 1 aromatic carbocycles. The summed E-state index contributed by atoms with van der Waals surface area (Å²) in [6.45, 7) is 0. The zero-order valence-corrected chi connectivity index (χ0v) is 6.94. The smallest absolute Gasteiger partial charge is 0.208 e. The highest BCUT2D eigenvalue weighted by Crippen LogP contribution is 2.26. The summed E-state index contributed by atoms with van der Waals surface area (Å²) in [7, 11) is 1.53. The SMILES string of the molecule is COc1cc(C#N)cc2cnoc12. The Kier molecular flexibility index (Phi) is 1.64. The third kappa shape index (κ3) is 1.11. The van der Waals surface area contributed by atoms with E-state index in [1.54, 1.807) is 18.3 Å². The summed E-state index contributed by atoms with van der Waals surface area (Å²) in [5.74, 6) is 0.534. The summed E-state index contributed by atoms with van der Waals surface area (Å²) >= 11 is 0. The van der Waals surface area contributed by atoms with E-state index in [1.165, 1.54) is 7.11 Å². The maximum Gasteiger partial charge on any atom is 0.208 e. The van der Waals surface area contributed by atoms with Crippen molar-refractivity contribution in [2.24, 2.45) is 0 Å². The summed E-state index contributed by atoms with van der Waals surface area (Å²) in [5.41, 5.74) is 1.11. The van der Waals surface area contributed by atoms with Gasteiger partial charge in [-0.25, -0.2) is 0 Å². The quantitative estimate of drug-likeness (QED) is 0.660. The van der Waals surface area contributed by atoms with Gasteiger partial charge in [0.1, 0.15) is 0 Å². The van der Waals surface area contributed by atoms with Crippen LogP contribution in [-0.2, 0) is 0 Å². The molecule has 1 heterocycles. The Bertz CT molecular complexity index is 482. The lowest BCUT2D eigenvalue weighted by Gasteiger charge is -1.98. The molecule has 4 nitrogen and oxygen atoms in total. The van der Waals surface area contributed by atoms with E-state index in [1.807, 2.05) is 6.07 Å². The number of methoxy groups -OCH3 is 1. The van der Waals surface area contributed by atoms with Crippen LogP contribution in [0, 0.1) is 11.3 Å². The molecule has 0 N–H and O–H groups in total. The minimum Gasteiger partial charge on any atom is -0.493 e. The summed E-state index contributed by atoms with van der Waals surface area (Å²) < 4.78 is 10.00. The lowest BCUT2D eigenvalue weighted by Crippen LogP contribution is -1.84. The van der Waals surface area contributed by atoms with Crippen molar-refractivity contribution in [3.05, 3.63) is 23.9 Å². The molecule has 0 spiro atoms. The van der Waals surface area contributed by atoms with Crippen molar-refractivity contribution in [2.45, 2.75) is 0 Å². The number of nitrogens with zero attached hydrogens (tertiary/aromatic N) is 2. The fourth-order valence-electron chi connectivity index (χ4n) is 1.17. The van der Waals surface area contributed by atoms with Crippen molar-refractivity contribution in [1.82, 2.24) is 5.16 Å². The first kappa shape index (κ1) is 7.62. The van der Waals surface area contributed by atoms with Crippen LogP contribution in [-0.4, -0.2) is 12.3 Å². The predicted octanol–water partition coefficient (Wildman–Crippen LogP) is 1.71. The first-order valence-corrected chi connectivity index (χ1v) is 3.67. The fourth-order valence-corrected chi connectivity index (χ4v) is 1.17. The Morgan fingerprint density at radius 1 is 1.54 bits per heavy atom. The molecule has 4 heteroatoms. The second-order valence-electron chi connectivity index (χ2n) is 2.53. The third-order valence-corrected chi connectivity index (χ3v) is 1.77. The highest BCUT2D eigenvalue weighted by atomic mass is 16.5. The van der Waals surface area contributed by atoms with E-state index in [-0.39, 0.29) is 0 Å². The largest absolute Gasteiger partial charge is 0.493 e. The Balaban J connectivity index is 2.79. The van der Waals surface area contributed by atoms with E-state index in [9.17, 15) is 0 Å². The van der Waals surface area contributed by atoms with Gasteiger partial charge in [-0.2, -0.15) is 5.26 Å². The number of hydrogen-bond donors (Lipinski definition) is 0. The molecular formula is C9H6N2O2. The lowest BCUT2D eigenvalue weighted by molar-refractivity contribution is 0.393. The molecule has 1 aromatic heterocycles. The molecule has 13 heavy (non-hydrogen) atoms. The molecule has 0 saturated heterocycles. The topological polar surface area (TPSA) is 59.0 Å². The minimum atomic E-state index is 0.534. The molecule has 0 atom stereocenters. The van der Waals surface area contributed by atoms with Crippen molar-refractivity contribution >= 4 is 11.0 Å². The normalized spacial score (nSPS) is 9.85. The first-order chi connectivity index (χ1) is 6.35. The van der Waals surface area contributed by atoms with Crippen molar-refractivity contribution in [3.63, 3.8) is 0 Å². The minimum absolute atomic E-state index is 0.534. The molecule has 0 aliphatic heterocycles. The van der Waals surface area contributed by atoms with E-state index in [4.69, 9.17) is 14.5 Å². The summed E-state index contributed by atoms with van der Waals surface area (Å²) in [6.07, 6.45) is 1.55. The van der Waals surface area contributed by atoms with Crippen LogP contribution in [0.4, 0.5) is 0 Å². The monoisotopic (exact) mass is 174 g/mol. The Morgan fingerprint density at radius 2 is 2.38 bits per heavy atom. The number of ether oxygens (including phenoxy) is 1. The van der Waals surface area contributed by atoms with Gasteiger partial charge in [0.15, 0.2) is 5.75 Å². The standard InChI is InChI=1S/C9H6N2O2/c1-12-8-3-6(4-10)2-7-5-11-13-9(7)8/h2-3,5H,1H3. The maximum absolute atomic E-state index is 8.70. The van der Waals surface area contributed by atoms with Crippen molar-refractivity contribution < 1.29 is 9.26 Å². The maximum atomic E-state index is 8.70. The van der Waals surface area contributed by atoms with Gasteiger partial charge in [-0.05, 0) is 6.07 Å². The Hall–Kier alpha value is -2.02. The van der Waals surface area contributed by atoms with E-state index in [0.29, 0.717) is 16.9 Å². The summed E-state index contributed by atoms with van der Waals surface area (Å²) in [4.78, 5) is 0. The molecule has 2 aromatic rings. The molecule has 0 fully saturated rings. The number of hydrogen-bond acceptors (Lipinski definition) is 4. The average Bonchev–Trinajstić information content (AvgIpc) is 2.63. The molecule has 0 aliphatic carbocycles. The van der Waals surface area contributed by atoms with Crippen molar-refractivity contribution in [1.29, 1.82) is 5.26 Å². The van der Waals surface area contributed by atoms with Crippen LogP contribution in [0.3, 0.4) is 0 Å². The molecule has 0 aliphatic rings. The van der Waals surface area contributed by atoms with Crippen LogP contribution in [0.5, 0.6) is 5.75 Å². The lowest BCUT2D eigenvalue weighted by atomic mass is 10.2. The summed E-state index contributed by atoms with van der Waals surface area (Å²) in [5, 5.41) is 13.1. The number of aromatic nitrogens is 1. The highest BCUT2D eigenvalue weighted by molar-refractivity contribution is 5.83. The Morgan fingerprint density at radius 3 is 3.08 bits per heavy atom. The molecule has 0 unspecified atom stereocenters. The van der Waals surface area contributed by atoms with E-state index in [0.717, 1.165) is 5.39 Å². The van der Waals surface area contributed by atoms with Crippen molar-refractivity contribution in [2.75, 3.05) is 7.11 Å². The number of rotatable bonds is 1. The molecule has 0 radical (unpaired) electrons. The summed E-state index contributed by atoms with van der Waals surface area (Å²) in [6, 6.07) is 5.36. The second kappa shape index (κ2) is 2.79. The predicted molar refractivity (Wildman–Crippen MR) is 45.3 cm³/mol. The van der Waals surface area contributed by atoms with E-state index in [2.05, 4.69) is 5.16 Å². The van der Waals surface area contributed by atoms with Gasteiger partial charge in [-0.3, -0.25) is 0 Å². The fraction of sp³-hybridized carbons (Fsp3) is 0.111. The van der Waals surface area contributed by atoms with E-state index < -0.39 is 0 Å². The van der Waals surface area contributed by atoms with Gasteiger partial charge in [-0.15, -0.1) is 0 Å². The number of benzene rings is 1. The van der Waals surface area contributed by atoms with Gasteiger partial charge in [0.2, 0.25) is 5.58 Å². The van der Waals surface area contributed by atoms with Gasteiger partial charge in [0.25, 0.3) is 0 Å². The first-order valence-electron chi connectivity index (χ1n) is 3.67. The molecule has 0 amide bonds. The zero-order valence-electron chi connectivity index (χ0n) is 6.94. The van der Waals surface area contributed by atoms with Crippen LogP contribution in [0.25, 0.3) is 11.0 Å². The van der Waals surface area contributed by atoms with Gasteiger partial charge in [0.05, 0.1) is 24.9 Å². The second-order valence-corrected chi connectivity index (χ2v) is 2.53. The van der Waals surface area contributed by atoms with Crippen LogP contribution < -0.4 is 4.74 Å². The van der Waals surface area contributed by atoms with Crippen molar-refractivity contribution in [3.8, 4) is 11.8 Å². The average molecular weight is 174 g/mol.